The summed E-state index contributed by atoms with van der Waals surface area (Å²) in [6.45, 7) is 4.46. The molecular weight excluding hydrogens is 350 g/mol. The largest absolute Gasteiger partial charge is 0.495 e. The third-order valence-corrected chi connectivity index (χ3v) is 3.79. The van der Waals surface area contributed by atoms with Crippen LogP contribution in [0.4, 0.5) is 0 Å². The minimum absolute atomic E-state index is 0.0332. The van der Waals surface area contributed by atoms with E-state index < -0.39 is 23.4 Å². The third-order valence-electron chi connectivity index (χ3n) is 3.36. The second kappa shape index (κ2) is 9.27. The molecule has 0 fully saturated rings. The molecule has 0 aliphatic heterocycles. The van der Waals surface area contributed by atoms with Crippen molar-refractivity contribution in [2.45, 2.75) is 32.7 Å². The van der Waals surface area contributed by atoms with Crippen LogP contribution in [-0.2, 0) is 30.3 Å². The number of hydrogen-bond acceptors (Lipinski definition) is 6. The molecule has 0 unspecified atom stereocenters. The molecule has 0 heterocycles. The highest BCUT2D eigenvalue weighted by molar-refractivity contribution is 6.33. The van der Waals surface area contributed by atoms with Crippen molar-refractivity contribution in [1.29, 1.82) is 0 Å². The maximum atomic E-state index is 12.6. The molecule has 0 saturated heterocycles. The standard InChI is InChI=1S/C17H22ClNO6/c1-5-24-15(21)17(19-11(3)20,16(22)25-6-2)10-12-8-7-9-13(23-4)14(12)18/h7-9H,5-6,10H2,1-4H3,(H,19,20). The molecule has 0 aliphatic carbocycles. The number of carbonyl (C=O) groups is 3. The van der Waals surface area contributed by atoms with E-state index in [1.165, 1.54) is 14.0 Å². The van der Waals surface area contributed by atoms with Crippen molar-refractivity contribution < 1.29 is 28.6 Å². The van der Waals surface area contributed by atoms with Crippen molar-refractivity contribution in [3.63, 3.8) is 0 Å². The maximum Gasteiger partial charge on any atom is 0.344 e. The lowest BCUT2D eigenvalue weighted by Gasteiger charge is -2.30. The molecule has 1 rings (SSSR count). The number of halogens is 1. The summed E-state index contributed by atoms with van der Waals surface area (Å²) in [7, 11) is 1.45. The van der Waals surface area contributed by atoms with Gasteiger partial charge in [-0.2, -0.15) is 0 Å². The summed E-state index contributed by atoms with van der Waals surface area (Å²) in [4.78, 5) is 36.8. The van der Waals surface area contributed by atoms with Crippen molar-refractivity contribution in [1.82, 2.24) is 5.32 Å². The Bertz CT molecular complexity index is 628. The van der Waals surface area contributed by atoms with Gasteiger partial charge in [-0.25, -0.2) is 9.59 Å². The molecule has 8 heteroatoms. The average molecular weight is 372 g/mol. The van der Waals surface area contributed by atoms with Gasteiger partial charge >= 0.3 is 11.9 Å². The van der Waals surface area contributed by atoms with E-state index in [-0.39, 0.29) is 24.7 Å². The molecule has 0 saturated carbocycles. The molecule has 1 aromatic rings. The number of rotatable bonds is 8. The fourth-order valence-corrected chi connectivity index (χ4v) is 2.59. The van der Waals surface area contributed by atoms with Crippen LogP contribution in [0.15, 0.2) is 18.2 Å². The van der Waals surface area contributed by atoms with E-state index in [9.17, 15) is 14.4 Å². The normalized spacial score (nSPS) is 10.8. The van der Waals surface area contributed by atoms with Gasteiger partial charge in [-0.15, -0.1) is 0 Å². The summed E-state index contributed by atoms with van der Waals surface area (Å²) in [5.74, 6) is -2.03. The molecule has 1 aromatic carbocycles. The average Bonchev–Trinajstić information content (AvgIpc) is 2.55. The highest BCUT2D eigenvalue weighted by Gasteiger charge is 2.50. The number of ether oxygens (including phenoxy) is 3. The van der Waals surface area contributed by atoms with Gasteiger partial charge in [0.2, 0.25) is 11.4 Å². The van der Waals surface area contributed by atoms with Gasteiger partial charge < -0.3 is 19.5 Å². The number of esters is 2. The van der Waals surface area contributed by atoms with E-state index in [1.807, 2.05) is 0 Å². The molecule has 138 valence electrons. The highest BCUT2D eigenvalue weighted by Crippen LogP contribution is 2.31. The molecule has 25 heavy (non-hydrogen) atoms. The Kier molecular flexibility index (Phi) is 7.70. The van der Waals surface area contributed by atoms with Crippen LogP contribution in [0.2, 0.25) is 5.02 Å². The minimum Gasteiger partial charge on any atom is -0.495 e. The van der Waals surface area contributed by atoms with Crippen LogP contribution in [0.3, 0.4) is 0 Å². The van der Waals surface area contributed by atoms with Gasteiger partial charge in [0.15, 0.2) is 0 Å². The second-order valence-electron chi connectivity index (χ2n) is 5.14. The lowest BCUT2D eigenvalue weighted by atomic mass is 9.90. The van der Waals surface area contributed by atoms with Crippen LogP contribution in [-0.4, -0.2) is 43.7 Å². The molecule has 0 aromatic heterocycles. The van der Waals surface area contributed by atoms with E-state index in [1.54, 1.807) is 32.0 Å². The van der Waals surface area contributed by atoms with Gasteiger partial charge in [-0.1, -0.05) is 23.7 Å². The number of carbonyl (C=O) groups excluding carboxylic acids is 3. The zero-order valence-corrected chi connectivity index (χ0v) is 15.4. The van der Waals surface area contributed by atoms with Crippen LogP contribution in [0.1, 0.15) is 26.3 Å². The number of nitrogens with one attached hydrogen (secondary N) is 1. The molecule has 0 bridgehead atoms. The van der Waals surface area contributed by atoms with E-state index in [4.69, 9.17) is 25.8 Å². The van der Waals surface area contributed by atoms with Gasteiger partial charge in [0.1, 0.15) is 5.75 Å². The van der Waals surface area contributed by atoms with E-state index >= 15 is 0 Å². The molecule has 7 nitrogen and oxygen atoms in total. The molecule has 0 aliphatic rings. The third kappa shape index (κ3) is 4.85. The first kappa shape index (κ1) is 20.8. The monoisotopic (exact) mass is 371 g/mol. The Morgan fingerprint density at radius 1 is 1.12 bits per heavy atom. The van der Waals surface area contributed by atoms with Crippen LogP contribution in [0.5, 0.6) is 5.75 Å². The molecule has 1 amide bonds. The van der Waals surface area contributed by atoms with E-state index in [2.05, 4.69) is 5.32 Å². The zero-order chi connectivity index (χ0) is 19.0. The SMILES string of the molecule is CCOC(=O)C(Cc1cccc(OC)c1Cl)(NC(C)=O)C(=O)OCC. The number of benzene rings is 1. The summed E-state index contributed by atoms with van der Waals surface area (Å²) >= 11 is 6.27. The lowest BCUT2D eigenvalue weighted by Crippen LogP contribution is -2.62. The molecular formula is C17H22ClNO6. The van der Waals surface area contributed by atoms with E-state index in [0.717, 1.165) is 0 Å². The predicted molar refractivity (Wildman–Crippen MR) is 91.5 cm³/mol. The van der Waals surface area contributed by atoms with Gasteiger partial charge in [0.05, 0.1) is 25.3 Å². The summed E-state index contributed by atoms with van der Waals surface area (Å²) in [5, 5.41) is 2.62. The Balaban J connectivity index is 3.44. The smallest absolute Gasteiger partial charge is 0.344 e. The molecule has 0 spiro atoms. The Labute approximate surface area is 151 Å². The maximum absolute atomic E-state index is 12.6. The van der Waals surface area contributed by atoms with E-state index in [0.29, 0.717) is 11.3 Å². The van der Waals surface area contributed by atoms with Crippen LogP contribution < -0.4 is 10.1 Å². The van der Waals surface area contributed by atoms with Gasteiger partial charge in [0.25, 0.3) is 0 Å². The first-order chi connectivity index (χ1) is 11.8. The molecule has 0 radical (unpaired) electrons. The zero-order valence-electron chi connectivity index (χ0n) is 14.7. The Morgan fingerprint density at radius 3 is 2.12 bits per heavy atom. The summed E-state index contributed by atoms with van der Waals surface area (Å²) in [5.41, 5.74) is -1.61. The number of hydrogen-bond donors (Lipinski definition) is 1. The minimum atomic E-state index is -2.03. The summed E-state index contributed by atoms with van der Waals surface area (Å²) in [6, 6.07) is 4.93. The predicted octanol–water partition coefficient (Wildman–Crippen LogP) is 1.89. The Morgan fingerprint density at radius 2 is 1.68 bits per heavy atom. The summed E-state index contributed by atoms with van der Waals surface area (Å²) < 4.78 is 15.2. The molecule has 1 N–H and O–H groups in total. The van der Waals surface area contributed by atoms with Crippen LogP contribution in [0, 0.1) is 0 Å². The highest BCUT2D eigenvalue weighted by atomic mass is 35.5. The van der Waals surface area contributed by atoms with Crippen LogP contribution >= 0.6 is 11.6 Å². The van der Waals surface area contributed by atoms with Gasteiger partial charge in [-0.05, 0) is 25.5 Å². The first-order valence-corrected chi connectivity index (χ1v) is 8.14. The van der Waals surface area contributed by atoms with Gasteiger partial charge in [-0.3, -0.25) is 4.79 Å². The second-order valence-corrected chi connectivity index (χ2v) is 5.52. The number of amides is 1. The first-order valence-electron chi connectivity index (χ1n) is 7.76. The van der Waals surface area contributed by atoms with Crippen molar-refractivity contribution in [2.75, 3.05) is 20.3 Å². The van der Waals surface area contributed by atoms with Crippen molar-refractivity contribution in [3.05, 3.63) is 28.8 Å². The number of methoxy groups -OCH3 is 1. The fraction of sp³-hybridized carbons (Fsp3) is 0.471. The van der Waals surface area contributed by atoms with Gasteiger partial charge in [0, 0.05) is 13.3 Å². The summed E-state index contributed by atoms with van der Waals surface area (Å²) in [6.07, 6.45) is -0.236. The van der Waals surface area contributed by atoms with Crippen molar-refractivity contribution >= 4 is 29.4 Å². The van der Waals surface area contributed by atoms with Crippen LogP contribution in [0.25, 0.3) is 0 Å². The fourth-order valence-electron chi connectivity index (χ4n) is 2.32. The van der Waals surface area contributed by atoms with Crippen molar-refractivity contribution in [3.8, 4) is 5.75 Å². The quantitative estimate of drug-likeness (QED) is 0.554. The molecule has 0 atom stereocenters. The topological polar surface area (TPSA) is 90.9 Å². The Hall–Kier alpha value is -2.28. The lowest BCUT2D eigenvalue weighted by molar-refractivity contribution is -0.168. The van der Waals surface area contributed by atoms with Crippen molar-refractivity contribution in [2.24, 2.45) is 0 Å².